The Morgan fingerprint density at radius 3 is 2.64 bits per heavy atom. The molecule has 1 aromatic rings. The molecule has 2 heterocycles. The standard InChI is InChI=1S/C17H18ClN3O3S/c1-12(13-3-6-15(18)7-4-13)20(2)17(22)14-5-8-16-19-25(23,24)10-9-21(16)11-14/h3-8,11-12H,9-10H2,1-2H3. The zero-order valence-electron chi connectivity index (χ0n) is 13.9. The Balaban J connectivity index is 1.78. The van der Waals surface area contributed by atoms with E-state index in [0.29, 0.717) is 23.0 Å². The summed E-state index contributed by atoms with van der Waals surface area (Å²) in [5, 5.41) is 0.648. The first kappa shape index (κ1) is 17.7. The molecule has 1 amide bonds. The molecule has 0 fully saturated rings. The second-order valence-electron chi connectivity index (χ2n) is 5.99. The average Bonchev–Trinajstić information content (AvgIpc) is 2.59. The lowest BCUT2D eigenvalue weighted by atomic mass is 10.1. The van der Waals surface area contributed by atoms with Crippen molar-refractivity contribution in [1.29, 1.82) is 0 Å². The second kappa shape index (κ2) is 6.65. The highest BCUT2D eigenvalue weighted by molar-refractivity contribution is 7.90. The Hall–Kier alpha value is -2.12. The number of fused-ring (bicyclic) bond motifs is 1. The molecule has 1 aromatic carbocycles. The Morgan fingerprint density at radius 1 is 1.28 bits per heavy atom. The minimum absolute atomic E-state index is 0.0562. The number of benzene rings is 1. The molecule has 2 aliphatic heterocycles. The third-order valence-corrected chi connectivity index (χ3v) is 5.74. The van der Waals surface area contributed by atoms with E-state index in [9.17, 15) is 13.2 Å². The van der Waals surface area contributed by atoms with E-state index in [1.54, 1.807) is 47.3 Å². The lowest BCUT2D eigenvalue weighted by Crippen LogP contribution is -2.38. The van der Waals surface area contributed by atoms with Gasteiger partial charge < -0.3 is 9.80 Å². The molecular weight excluding hydrogens is 362 g/mol. The van der Waals surface area contributed by atoms with Crippen molar-refractivity contribution in [2.45, 2.75) is 13.0 Å². The van der Waals surface area contributed by atoms with Crippen LogP contribution in [0.5, 0.6) is 0 Å². The highest BCUT2D eigenvalue weighted by atomic mass is 35.5. The van der Waals surface area contributed by atoms with Crippen LogP contribution in [0.1, 0.15) is 18.5 Å². The van der Waals surface area contributed by atoms with Gasteiger partial charge in [0, 0.05) is 24.8 Å². The summed E-state index contributed by atoms with van der Waals surface area (Å²) < 4.78 is 26.8. The summed E-state index contributed by atoms with van der Waals surface area (Å²) in [6.07, 6.45) is 4.81. The Bertz CT molecular complexity index is 888. The van der Waals surface area contributed by atoms with Crippen molar-refractivity contribution in [3.63, 3.8) is 0 Å². The van der Waals surface area contributed by atoms with Gasteiger partial charge in [-0.2, -0.15) is 0 Å². The molecule has 1 unspecified atom stereocenters. The molecule has 132 valence electrons. The van der Waals surface area contributed by atoms with Gasteiger partial charge in [0.15, 0.2) is 0 Å². The summed E-state index contributed by atoms with van der Waals surface area (Å²) >= 11 is 5.91. The van der Waals surface area contributed by atoms with E-state index in [-0.39, 0.29) is 17.7 Å². The maximum atomic E-state index is 12.8. The minimum Gasteiger partial charge on any atom is -0.335 e. The molecule has 1 atom stereocenters. The normalized spacial score (nSPS) is 19.6. The van der Waals surface area contributed by atoms with Crippen molar-refractivity contribution >= 4 is 33.4 Å². The van der Waals surface area contributed by atoms with E-state index in [0.717, 1.165) is 5.56 Å². The van der Waals surface area contributed by atoms with Crippen LogP contribution >= 0.6 is 11.6 Å². The predicted molar refractivity (Wildman–Crippen MR) is 97.8 cm³/mol. The highest BCUT2D eigenvalue weighted by Gasteiger charge is 2.27. The molecule has 0 spiro atoms. The van der Waals surface area contributed by atoms with Crippen molar-refractivity contribution in [2.75, 3.05) is 19.3 Å². The van der Waals surface area contributed by atoms with Gasteiger partial charge in [0.05, 0.1) is 17.4 Å². The smallest absolute Gasteiger partial charge is 0.256 e. The van der Waals surface area contributed by atoms with E-state index in [2.05, 4.69) is 4.40 Å². The number of carbonyl (C=O) groups excluding carboxylic acids is 1. The van der Waals surface area contributed by atoms with E-state index in [4.69, 9.17) is 11.6 Å². The summed E-state index contributed by atoms with van der Waals surface area (Å²) in [5.74, 6) is 0.140. The summed E-state index contributed by atoms with van der Waals surface area (Å²) in [6, 6.07) is 7.24. The zero-order valence-corrected chi connectivity index (χ0v) is 15.5. The van der Waals surface area contributed by atoms with Gasteiger partial charge >= 0.3 is 0 Å². The third-order valence-electron chi connectivity index (χ3n) is 4.32. The number of sulfonamides is 1. The van der Waals surface area contributed by atoms with Gasteiger partial charge in [0.2, 0.25) is 0 Å². The number of likely N-dealkylation sites (N-methyl/N-ethyl adjacent to an activating group) is 1. The van der Waals surface area contributed by atoms with Crippen LogP contribution in [0.25, 0.3) is 0 Å². The second-order valence-corrected chi connectivity index (χ2v) is 8.18. The maximum absolute atomic E-state index is 12.8. The van der Waals surface area contributed by atoms with Crippen LogP contribution in [0.3, 0.4) is 0 Å². The van der Waals surface area contributed by atoms with E-state index < -0.39 is 10.0 Å². The van der Waals surface area contributed by atoms with Gasteiger partial charge in [0.25, 0.3) is 15.9 Å². The molecule has 0 aliphatic carbocycles. The van der Waals surface area contributed by atoms with Gasteiger partial charge in [-0.3, -0.25) is 4.79 Å². The summed E-state index contributed by atoms with van der Waals surface area (Å²) in [4.78, 5) is 16.1. The lowest BCUT2D eigenvalue weighted by Gasteiger charge is -2.30. The van der Waals surface area contributed by atoms with Crippen molar-refractivity contribution in [3.05, 3.63) is 58.8 Å². The molecule has 3 rings (SSSR count). The number of carbonyl (C=O) groups is 1. The van der Waals surface area contributed by atoms with Gasteiger partial charge in [-0.05, 0) is 36.8 Å². The molecule has 0 saturated carbocycles. The largest absolute Gasteiger partial charge is 0.335 e. The van der Waals surface area contributed by atoms with Crippen LogP contribution in [0, 0.1) is 0 Å². The molecular formula is C17H18ClN3O3S. The van der Waals surface area contributed by atoms with Gasteiger partial charge in [-0.1, -0.05) is 23.7 Å². The fourth-order valence-corrected chi connectivity index (χ4v) is 3.77. The predicted octanol–water partition coefficient (Wildman–Crippen LogP) is 2.36. The molecule has 8 heteroatoms. The fourth-order valence-electron chi connectivity index (χ4n) is 2.67. The Morgan fingerprint density at radius 2 is 1.96 bits per heavy atom. The van der Waals surface area contributed by atoms with Crippen molar-refractivity contribution in [2.24, 2.45) is 4.40 Å². The average molecular weight is 380 g/mol. The third kappa shape index (κ3) is 3.77. The first-order valence-corrected chi connectivity index (χ1v) is 9.77. The van der Waals surface area contributed by atoms with Crippen LogP contribution in [0.2, 0.25) is 5.02 Å². The van der Waals surface area contributed by atoms with Crippen LogP contribution in [-0.2, 0) is 14.8 Å². The number of nitrogens with zero attached hydrogens (tertiary/aromatic N) is 3. The monoisotopic (exact) mass is 379 g/mol. The molecule has 0 aromatic heterocycles. The summed E-state index contributed by atoms with van der Waals surface area (Å²) in [5.41, 5.74) is 1.47. The molecule has 25 heavy (non-hydrogen) atoms. The first-order valence-electron chi connectivity index (χ1n) is 7.79. The van der Waals surface area contributed by atoms with Gasteiger partial charge in [-0.15, -0.1) is 4.40 Å². The fraction of sp³-hybridized carbons (Fsp3) is 0.294. The number of hydrogen-bond acceptors (Lipinski definition) is 4. The SMILES string of the molecule is CC(c1ccc(Cl)cc1)N(C)C(=O)C1=CN2CCS(=O)(=O)N=C2C=C1. The number of rotatable bonds is 3. The lowest BCUT2D eigenvalue weighted by molar-refractivity contribution is -0.127. The molecule has 2 aliphatic rings. The van der Waals surface area contributed by atoms with E-state index in [1.807, 2.05) is 19.1 Å². The number of amides is 1. The van der Waals surface area contributed by atoms with Gasteiger partial charge in [-0.25, -0.2) is 8.42 Å². The van der Waals surface area contributed by atoms with Crippen LogP contribution in [-0.4, -0.2) is 49.3 Å². The molecule has 0 radical (unpaired) electrons. The van der Waals surface area contributed by atoms with Crippen LogP contribution in [0.15, 0.2) is 52.6 Å². The summed E-state index contributed by atoms with van der Waals surface area (Å²) in [6.45, 7) is 2.23. The molecule has 0 saturated heterocycles. The van der Waals surface area contributed by atoms with Crippen molar-refractivity contribution < 1.29 is 13.2 Å². The topological polar surface area (TPSA) is 70.1 Å². The van der Waals surface area contributed by atoms with Crippen LogP contribution in [0.4, 0.5) is 0 Å². The van der Waals surface area contributed by atoms with Crippen molar-refractivity contribution in [1.82, 2.24) is 9.80 Å². The number of halogens is 1. The first-order chi connectivity index (χ1) is 11.8. The number of hydrogen-bond donors (Lipinski definition) is 0. The van der Waals surface area contributed by atoms with Crippen LogP contribution < -0.4 is 0 Å². The zero-order chi connectivity index (χ0) is 18.2. The minimum atomic E-state index is -3.40. The maximum Gasteiger partial charge on any atom is 0.256 e. The van der Waals surface area contributed by atoms with E-state index >= 15 is 0 Å². The van der Waals surface area contributed by atoms with E-state index in [1.165, 1.54) is 0 Å². The molecule has 0 bridgehead atoms. The molecule has 6 nitrogen and oxygen atoms in total. The Labute approximate surface area is 152 Å². The highest BCUT2D eigenvalue weighted by Crippen LogP contribution is 2.24. The molecule has 0 N–H and O–H groups in total. The Kier molecular flexibility index (Phi) is 4.71. The summed E-state index contributed by atoms with van der Waals surface area (Å²) in [7, 11) is -1.66. The van der Waals surface area contributed by atoms with Gasteiger partial charge in [0.1, 0.15) is 5.84 Å². The quantitative estimate of drug-likeness (QED) is 0.808. The van der Waals surface area contributed by atoms with Crippen molar-refractivity contribution in [3.8, 4) is 0 Å². The number of amidine groups is 1.